The molecule has 1 saturated carbocycles. The van der Waals surface area contributed by atoms with Gasteiger partial charge in [0.1, 0.15) is 11.5 Å². The molecule has 0 aromatic heterocycles. The highest BCUT2D eigenvalue weighted by molar-refractivity contribution is 5.39. The van der Waals surface area contributed by atoms with Crippen LogP contribution < -0.4 is 10.1 Å². The molecule has 0 atom stereocenters. The molecular formula is C17H27NO2. The second-order valence-corrected chi connectivity index (χ2v) is 5.88. The van der Waals surface area contributed by atoms with E-state index in [4.69, 9.17) is 4.74 Å². The summed E-state index contributed by atoms with van der Waals surface area (Å²) in [6.45, 7) is 3.01. The van der Waals surface area contributed by atoms with E-state index in [-0.39, 0.29) is 0 Å². The van der Waals surface area contributed by atoms with Crippen LogP contribution in [0.2, 0.25) is 0 Å². The Morgan fingerprint density at radius 3 is 2.60 bits per heavy atom. The predicted molar refractivity (Wildman–Crippen MR) is 82.2 cm³/mol. The molecule has 0 radical (unpaired) electrons. The number of hydrogen-bond acceptors (Lipinski definition) is 3. The van der Waals surface area contributed by atoms with Crippen LogP contribution >= 0.6 is 0 Å². The van der Waals surface area contributed by atoms with Crippen molar-refractivity contribution in [3.8, 4) is 11.5 Å². The van der Waals surface area contributed by atoms with Crippen molar-refractivity contribution in [1.29, 1.82) is 0 Å². The van der Waals surface area contributed by atoms with E-state index in [1.165, 1.54) is 38.5 Å². The molecule has 0 unspecified atom stereocenters. The molecule has 20 heavy (non-hydrogen) atoms. The van der Waals surface area contributed by atoms with E-state index in [2.05, 4.69) is 12.2 Å². The Bertz CT molecular complexity index is 411. The van der Waals surface area contributed by atoms with Gasteiger partial charge in [-0.15, -0.1) is 0 Å². The lowest BCUT2D eigenvalue weighted by Gasteiger charge is -2.29. The number of phenols is 1. The molecule has 1 aromatic carbocycles. The number of benzene rings is 1. The molecule has 1 aliphatic rings. The number of rotatable bonds is 6. The predicted octanol–water partition coefficient (Wildman–Crippen LogP) is 3.85. The van der Waals surface area contributed by atoms with Gasteiger partial charge in [0.05, 0.1) is 7.11 Å². The fraction of sp³-hybridized carbons (Fsp3) is 0.647. The van der Waals surface area contributed by atoms with E-state index in [1.54, 1.807) is 13.2 Å². The minimum absolute atomic E-state index is 0.316. The van der Waals surface area contributed by atoms with Crippen LogP contribution in [0.1, 0.15) is 51.0 Å². The maximum atomic E-state index is 9.94. The molecule has 112 valence electrons. The molecule has 3 heteroatoms. The smallest absolute Gasteiger partial charge is 0.123 e. The van der Waals surface area contributed by atoms with Crippen LogP contribution in [0, 0.1) is 5.92 Å². The summed E-state index contributed by atoms with van der Waals surface area (Å²) in [7, 11) is 1.61. The number of hydrogen-bond donors (Lipinski definition) is 2. The van der Waals surface area contributed by atoms with Crippen LogP contribution in [0.15, 0.2) is 18.2 Å². The Labute approximate surface area is 122 Å². The van der Waals surface area contributed by atoms with Crippen molar-refractivity contribution in [3.63, 3.8) is 0 Å². The topological polar surface area (TPSA) is 41.5 Å². The zero-order valence-electron chi connectivity index (χ0n) is 12.7. The van der Waals surface area contributed by atoms with Crippen LogP contribution in [0.25, 0.3) is 0 Å². The molecular weight excluding hydrogens is 250 g/mol. The van der Waals surface area contributed by atoms with Gasteiger partial charge < -0.3 is 15.2 Å². The zero-order valence-corrected chi connectivity index (χ0v) is 12.7. The second kappa shape index (κ2) is 7.53. The minimum Gasteiger partial charge on any atom is -0.507 e. The van der Waals surface area contributed by atoms with Gasteiger partial charge in [0.15, 0.2) is 0 Å². The van der Waals surface area contributed by atoms with Gasteiger partial charge in [-0.1, -0.05) is 25.8 Å². The summed E-state index contributed by atoms with van der Waals surface area (Å²) >= 11 is 0. The van der Waals surface area contributed by atoms with E-state index in [0.717, 1.165) is 18.0 Å². The monoisotopic (exact) mass is 277 g/mol. The molecule has 0 heterocycles. The number of methoxy groups -OCH3 is 1. The lowest BCUT2D eigenvalue weighted by atomic mass is 9.83. The van der Waals surface area contributed by atoms with Crippen molar-refractivity contribution in [2.24, 2.45) is 5.92 Å². The van der Waals surface area contributed by atoms with Crippen molar-refractivity contribution < 1.29 is 9.84 Å². The summed E-state index contributed by atoms with van der Waals surface area (Å²) < 4.78 is 5.10. The summed E-state index contributed by atoms with van der Waals surface area (Å²) in [5, 5.41) is 13.5. The summed E-state index contributed by atoms with van der Waals surface area (Å²) in [4.78, 5) is 0. The minimum atomic E-state index is 0.316. The fourth-order valence-electron chi connectivity index (χ4n) is 3.14. The largest absolute Gasteiger partial charge is 0.507 e. The third-order valence-electron chi connectivity index (χ3n) is 4.42. The molecule has 0 amide bonds. The molecule has 0 saturated heterocycles. The number of phenolic OH excluding ortho intramolecular Hbond substituents is 1. The van der Waals surface area contributed by atoms with Gasteiger partial charge in [0.2, 0.25) is 0 Å². The van der Waals surface area contributed by atoms with Gasteiger partial charge in [-0.3, -0.25) is 0 Å². The maximum Gasteiger partial charge on any atom is 0.123 e. The van der Waals surface area contributed by atoms with Crippen LogP contribution in [0.3, 0.4) is 0 Å². The van der Waals surface area contributed by atoms with Crippen LogP contribution in [0.4, 0.5) is 0 Å². The van der Waals surface area contributed by atoms with Crippen molar-refractivity contribution in [3.05, 3.63) is 23.8 Å². The standard InChI is InChI=1S/C17H27NO2/c1-3-4-13-5-8-15(9-6-13)18-12-14-7-10-16(20-2)11-17(14)19/h7,10-11,13,15,18-19H,3-6,8-9,12H2,1-2H3. The average Bonchev–Trinajstić information content (AvgIpc) is 2.48. The van der Waals surface area contributed by atoms with Crippen molar-refractivity contribution in [2.75, 3.05) is 7.11 Å². The summed E-state index contributed by atoms with van der Waals surface area (Å²) in [6.07, 6.45) is 7.91. The van der Waals surface area contributed by atoms with E-state index in [1.807, 2.05) is 12.1 Å². The van der Waals surface area contributed by atoms with Crippen LogP contribution in [0.5, 0.6) is 11.5 Å². The molecule has 0 spiro atoms. The van der Waals surface area contributed by atoms with E-state index in [0.29, 0.717) is 17.5 Å². The van der Waals surface area contributed by atoms with Gasteiger partial charge in [-0.2, -0.15) is 0 Å². The first-order valence-corrected chi connectivity index (χ1v) is 7.82. The quantitative estimate of drug-likeness (QED) is 0.830. The van der Waals surface area contributed by atoms with E-state index in [9.17, 15) is 5.11 Å². The van der Waals surface area contributed by atoms with Gasteiger partial charge in [0.25, 0.3) is 0 Å². The second-order valence-electron chi connectivity index (χ2n) is 5.88. The molecule has 1 aromatic rings. The Kier molecular flexibility index (Phi) is 5.72. The average molecular weight is 277 g/mol. The van der Waals surface area contributed by atoms with Crippen LogP contribution in [-0.2, 0) is 6.54 Å². The number of ether oxygens (including phenoxy) is 1. The lowest BCUT2D eigenvalue weighted by Crippen LogP contribution is -2.32. The first-order valence-electron chi connectivity index (χ1n) is 7.82. The van der Waals surface area contributed by atoms with Crippen molar-refractivity contribution in [2.45, 2.75) is 58.0 Å². The number of nitrogens with one attached hydrogen (secondary N) is 1. The Hall–Kier alpha value is -1.22. The third-order valence-corrected chi connectivity index (χ3v) is 4.42. The first kappa shape index (κ1) is 15.2. The molecule has 1 aliphatic carbocycles. The SMILES string of the molecule is CCCC1CCC(NCc2ccc(OC)cc2O)CC1. The van der Waals surface area contributed by atoms with Crippen molar-refractivity contribution in [1.82, 2.24) is 5.32 Å². The maximum absolute atomic E-state index is 9.94. The molecule has 1 fully saturated rings. The van der Waals surface area contributed by atoms with E-state index >= 15 is 0 Å². The fourth-order valence-corrected chi connectivity index (χ4v) is 3.14. The molecule has 0 aliphatic heterocycles. The summed E-state index contributed by atoms with van der Waals surface area (Å²) in [5.41, 5.74) is 0.946. The molecule has 2 rings (SSSR count). The Morgan fingerprint density at radius 1 is 1.25 bits per heavy atom. The normalized spacial score (nSPS) is 22.7. The highest BCUT2D eigenvalue weighted by Crippen LogP contribution is 2.28. The Balaban J connectivity index is 1.78. The molecule has 0 bridgehead atoms. The molecule has 3 nitrogen and oxygen atoms in total. The summed E-state index contributed by atoms with van der Waals surface area (Å²) in [6, 6.07) is 6.11. The lowest BCUT2D eigenvalue weighted by molar-refractivity contribution is 0.277. The van der Waals surface area contributed by atoms with Gasteiger partial charge in [-0.05, 0) is 37.7 Å². The summed E-state index contributed by atoms with van der Waals surface area (Å²) in [5.74, 6) is 1.95. The van der Waals surface area contributed by atoms with Gasteiger partial charge in [-0.25, -0.2) is 0 Å². The molecule has 2 N–H and O–H groups in total. The zero-order chi connectivity index (χ0) is 14.4. The highest BCUT2D eigenvalue weighted by Gasteiger charge is 2.20. The third kappa shape index (κ3) is 4.14. The number of aromatic hydroxyl groups is 1. The first-order chi connectivity index (χ1) is 9.72. The van der Waals surface area contributed by atoms with Gasteiger partial charge in [0, 0.05) is 24.2 Å². The highest BCUT2D eigenvalue weighted by atomic mass is 16.5. The van der Waals surface area contributed by atoms with Gasteiger partial charge >= 0.3 is 0 Å². The van der Waals surface area contributed by atoms with Crippen LogP contribution in [-0.4, -0.2) is 18.3 Å². The Morgan fingerprint density at radius 2 is 2.00 bits per heavy atom. The van der Waals surface area contributed by atoms with Crippen molar-refractivity contribution >= 4 is 0 Å². The van der Waals surface area contributed by atoms with E-state index < -0.39 is 0 Å².